The number of amides is 2. The van der Waals surface area contributed by atoms with Gasteiger partial charge in [0.25, 0.3) is 5.24 Å². The normalized spacial score (nSPS) is 14.6. The van der Waals surface area contributed by atoms with E-state index in [-0.39, 0.29) is 29.6 Å². The Morgan fingerprint density at radius 1 is 1.30 bits per heavy atom. The van der Waals surface area contributed by atoms with Gasteiger partial charge in [-0.25, -0.2) is 0 Å². The molecule has 0 atom stereocenters. The molecule has 0 unspecified atom stereocenters. The van der Waals surface area contributed by atoms with Crippen LogP contribution in [-0.4, -0.2) is 48.3 Å². The van der Waals surface area contributed by atoms with E-state index >= 15 is 0 Å². The van der Waals surface area contributed by atoms with Crippen LogP contribution in [0.5, 0.6) is 11.5 Å². The number of thioether (sulfide) groups is 1. The highest BCUT2D eigenvalue weighted by Crippen LogP contribution is 2.26. The highest BCUT2D eigenvalue weighted by atomic mass is 32.2. The molecule has 6 nitrogen and oxygen atoms in total. The van der Waals surface area contributed by atoms with Crippen LogP contribution in [0.3, 0.4) is 0 Å². The summed E-state index contributed by atoms with van der Waals surface area (Å²) in [5, 5.41) is -0.398. The molecule has 1 saturated heterocycles. The van der Waals surface area contributed by atoms with Gasteiger partial charge in [0.05, 0.1) is 32.1 Å². The Kier molecular flexibility index (Phi) is 4.29. The summed E-state index contributed by atoms with van der Waals surface area (Å²) >= 11 is 0.898. The van der Waals surface area contributed by atoms with Crippen molar-refractivity contribution >= 4 is 28.7 Å². The molecule has 0 radical (unpaired) electrons. The number of methoxy groups -OCH3 is 2. The van der Waals surface area contributed by atoms with Crippen LogP contribution in [0.15, 0.2) is 18.2 Å². The molecule has 0 bridgehead atoms. The molecule has 1 heterocycles. The maximum absolute atomic E-state index is 12.2. The Hall–Kier alpha value is -2.02. The van der Waals surface area contributed by atoms with Crippen molar-refractivity contribution in [2.45, 2.75) is 0 Å². The zero-order valence-corrected chi connectivity index (χ0v) is 11.9. The van der Waals surface area contributed by atoms with Crippen LogP contribution < -0.4 is 9.47 Å². The van der Waals surface area contributed by atoms with Crippen LogP contribution in [-0.2, 0) is 4.79 Å². The molecule has 1 fully saturated rings. The molecule has 1 aliphatic heterocycles. The lowest BCUT2D eigenvalue weighted by atomic mass is 10.1. The summed E-state index contributed by atoms with van der Waals surface area (Å²) in [6.45, 7) is -0.284. The van der Waals surface area contributed by atoms with Crippen LogP contribution in [0, 0.1) is 0 Å². The van der Waals surface area contributed by atoms with Gasteiger partial charge in [0, 0.05) is 0 Å². The van der Waals surface area contributed by atoms with Gasteiger partial charge in [-0.15, -0.1) is 0 Å². The first-order valence-electron chi connectivity index (χ1n) is 5.79. The number of ether oxygens (including phenoxy) is 2. The average Bonchev–Trinajstić information content (AvgIpc) is 2.78. The predicted molar refractivity (Wildman–Crippen MR) is 73.4 cm³/mol. The highest BCUT2D eigenvalue weighted by Gasteiger charge is 2.32. The molecule has 0 spiro atoms. The zero-order chi connectivity index (χ0) is 14.7. The van der Waals surface area contributed by atoms with Crippen molar-refractivity contribution < 1.29 is 23.9 Å². The van der Waals surface area contributed by atoms with E-state index in [1.54, 1.807) is 12.1 Å². The molecule has 1 aliphatic rings. The summed E-state index contributed by atoms with van der Waals surface area (Å²) in [5.74, 6) is 0.242. The van der Waals surface area contributed by atoms with Crippen LogP contribution in [0.25, 0.3) is 0 Å². The van der Waals surface area contributed by atoms with E-state index in [0.717, 1.165) is 16.7 Å². The van der Waals surface area contributed by atoms with Gasteiger partial charge in [-0.1, -0.05) is 11.8 Å². The number of ketones is 1. The topological polar surface area (TPSA) is 72.9 Å². The maximum Gasteiger partial charge on any atom is 0.289 e. The van der Waals surface area contributed by atoms with Crippen LogP contribution in [0.2, 0.25) is 0 Å². The first-order chi connectivity index (χ1) is 9.56. The number of benzene rings is 1. The number of rotatable bonds is 5. The molecule has 0 saturated carbocycles. The van der Waals surface area contributed by atoms with Gasteiger partial charge in [0.1, 0.15) is 11.5 Å². The van der Waals surface area contributed by atoms with E-state index < -0.39 is 5.24 Å². The van der Waals surface area contributed by atoms with Crippen molar-refractivity contribution in [1.82, 2.24) is 4.90 Å². The van der Waals surface area contributed by atoms with Crippen molar-refractivity contribution in [2.75, 3.05) is 26.5 Å². The summed E-state index contributed by atoms with van der Waals surface area (Å²) < 4.78 is 10.2. The summed E-state index contributed by atoms with van der Waals surface area (Å²) in [4.78, 5) is 36.2. The fourth-order valence-electron chi connectivity index (χ4n) is 1.79. The van der Waals surface area contributed by atoms with E-state index in [1.807, 2.05) is 0 Å². The minimum absolute atomic E-state index is 0.0847. The summed E-state index contributed by atoms with van der Waals surface area (Å²) in [6, 6.07) is 4.80. The Bertz CT molecular complexity index is 556. The molecular formula is C13H13NO5S. The number of nitrogens with zero attached hydrogens (tertiary/aromatic N) is 1. The SMILES string of the molecule is COc1ccc(OC)c(C(=O)CN2C(=O)CSC2=O)c1. The number of carbonyl (C=O) groups is 3. The first-order valence-corrected chi connectivity index (χ1v) is 6.77. The maximum atomic E-state index is 12.2. The van der Waals surface area contributed by atoms with Gasteiger partial charge >= 0.3 is 0 Å². The molecule has 0 aromatic heterocycles. The fraction of sp³-hybridized carbons (Fsp3) is 0.308. The van der Waals surface area contributed by atoms with Gasteiger partial charge in [-0.05, 0) is 18.2 Å². The Labute approximate surface area is 120 Å². The summed E-state index contributed by atoms with van der Waals surface area (Å²) in [7, 11) is 2.93. The van der Waals surface area contributed by atoms with E-state index in [2.05, 4.69) is 0 Å². The Balaban J connectivity index is 2.24. The smallest absolute Gasteiger partial charge is 0.289 e. The van der Waals surface area contributed by atoms with Crippen molar-refractivity contribution in [3.05, 3.63) is 23.8 Å². The third-order valence-corrected chi connectivity index (χ3v) is 3.71. The van der Waals surface area contributed by atoms with Gasteiger partial charge in [-0.2, -0.15) is 0 Å². The highest BCUT2D eigenvalue weighted by molar-refractivity contribution is 8.14. The molecule has 0 aliphatic carbocycles. The van der Waals surface area contributed by atoms with Crippen molar-refractivity contribution in [1.29, 1.82) is 0 Å². The van der Waals surface area contributed by atoms with Crippen LogP contribution in [0.4, 0.5) is 4.79 Å². The molecule has 20 heavy (non-hydrogen) atoms. The molecular weight excluding hydrogens is 282 g/mol. The first kappa shape index (κ1) is 14.4. The van der Waals surface area contributed by atoms with Crippen molar-refractivity contribution in [2.24, 2.45) is 0 Å². The lowest BCUT2D eigenvalue weighted by Gasteiger charge is -2.14. The fourth-order valence-corrected chi connectivity index (χ4v) is 2.52. The third kappa shape index (κ3) is 2.77. The third-order valence-electron chi connectivity index (χ3n) is 2.85. The average molecular weight is 295 g/mol. The van der Waals surface area contributed by atoms with Gasteiger partial charge < -0.3 is 9.47 Å². The van der Waals surface area contributed by atoms with Crippen LogP contribution >= 0.6 is 11.8 Å². The van der Waals surface area contributed by atoms with E-state index in [0.29, 0.717) is 11.5 Å². The Morgan fingerprint density at radius 2 is 2.05 bits per heavy atom. The number of carbonyl (C=O) groups excluding carboxylic acids is 3. The Morgan fingerprint density at radius 3 is 2.60 bits per heavy atom. The van der Waals surface area contributed by atoms with E-state index in [4.69, 9.17) is 9.47 Å². The molecule has 1 aromatic rings. The quantitative estimate of drug-likeness (QED) is 0.768. The van der Waals surface area contributed by atoms with Gasteiger partial charge in [-0.3, -0.25) is 19.3 Å². The summed E-state index contributed by atoms with van der Waals surface area (Å²) in [5.41, 5.74) is 0.282. The largest absolute Gasteiger partial charge is 0.497 e. The number of hydrogen-bond acceptors (Lipinski definition) is 6. The second-order valence-corrected chi connectivity index (χ2v) is 4.95. The molecule has 7 heteroatoms. The summed E-state index contributed by atoms with van der Waals surface area (Å²) in [6.07, 6.45) is 0. The molecule has 2 rings (SSSR count). The molecule has 0 N–H and O–H groups in total. The second kappa shape index (κ2) is 5.96. The second-order valence-electron chi connectivity index (χ2n) is 4.02. The lowest BCUT2D eigenvalue weighted by Crippen LogP contribution is -2.34. The number of Topliss-reactive ketones (excluding diaryl/α,β-unsaturated/α-hetero) is 1. The van der Waals surface area contributed by atoms with Gasteiger partial charge in [0.15, 0.2) is 5.78 Å². The molecule has 1 aromatic carbocycles. The predicted octanol–water partition coefficient (Wildman–Crippen LogP) is 1.58. The zero-order valence-electron chi connectivity index (χ0n) is 11.0. The molecule has 106 valence electrons. The van der Waals surface area contributed by atoms with E-state index in [1.165, 1.54) is 20.3 Å². The van der Waals surface area contributed by atoms with Crippen molar-refractivity contribution in [3.8, 4) is 11.5 Å². The standard InChI is InChI=1S/C13H13NO5S/c1-18-8-3-4-11(19-2)9(5-8)10(15)6-14-12(16)7-20-13(14)17/h3-5H,6-7H2,1-2H3. The lowest BCUT2D eigenvalue weighted by molar-refractivity contribution is -0.124. The minimum Gasteiger partial charge on any atom is -0.497 e. The number of hydrogen-bond donors (Lipinski definition) is 0. The van der Waals surface area contributed by atoms with Gasteiger partial charge in [0.2, 0.25) is 5.91 Å². The monoisotopic (exact) mass is 295 g/mol. The number of imide groups is 1. The minimum atomic E-state index is -0.398. The van der Waals surface area contributed by atoms with Crippen molar-refractivity contribution in [3.63, 3.8) is 0 Å². The van der Waals surface area contributed by atoms with E-state index in [9.17, 15) is 14.4 Å². The molecule has 2 amide bonds. The van der Waals surface area contributed by atoms with Crippen LogP contribution in [0.1, 0.15) is 10.4 Å².